The van der Waals surface area contributed by atoms with Crippen LogP contribution in [-0.2, 0) is 0 Å². The number of benzene rings is 2. The molecule has 0 radical (unpaired) electrons. The van der Waals surface area contributed by atoms with Gasteiger partial charge in [0.05, 0.1) is 11.1 Å². The standard InChI is InChI=1S/C18H18N2O2/c19-17(21)15-10-6-9-14(13-7-2-1-3-8-13)16(15)18(22)20-11-4-5-12-20/h1-3,6-10H,4-5,11-12H2,(H2,19,21). The summed E-state index contributed by atoms with van der Waals surface area (Å²) < 4.78 is 0. The maximum Gasteiger partial charge on any atom is 0.255 e. The summed E-state index contributed by atoms with van der Waals surface area (Å²) in [7, 11) is 0. The third-order valence-electron chi connectivity index (χ3n) is 4.02. The molecule has 1 aliphatic rings. The van der Waals surface area contributed by atoms with Crippen molar-refractivity contribution in [3.05, 3.63) is 59.7 Å². The van der Waals surface area contributed by atoms with Gasteiger partial charge in [-0.05, 0) is 30.0 Å². The van der Waals surface area contributed by atoms with Gasteiger partial charge in [-0.15, -0.1) is 0 Å². The number of likely N-dealkylation sites (tertiary alicyclic amines) is 1. The Hall–Kier alpha value is -2.62. The minimum absolute atomic E-state index is 0.106. The molecule has 4 nitrogen and oxygen atoms in total. The molecule has 0 bridgehead atoms. The molecule has 0 aliphatic carbocycles. The Morgan fingerprint density at radius 3 is 2.23 bits per heavy atom. The summed E-state index contributed by atoms with van der Waals surface area (Å²) in [4.78, 5) is 26.5. The van der Waals surface area contributed by atoms with Gasteiger partial charge in [-0.3, -0.25) is 9.59 Å². The summed E-state index contributed by atoms with van der Waals surface area (Å²) >= 11 is 0. The zero-order valence-electron chi connectivity index (χ0n) is 12.3. The zero-order chi connectivity index (χ0) is 15.5. The number of nitrogens with zero attached hydrogens (tertiary/aromatic N) is 1. The van der Waals surface area contributed by atoms with E-state index in [2.05, 4.69) is 0 Å². The molecule has 1 aliphatic heterocycles. The fourth-order valence-corrected chi connectivity index (χ4v) is 2.92. The molecule has 112 valence electrons. The molecule has 0 atom stereocenters. The molecule has 4 heteroatoms. The largest absolute Gasteiger partial charge is 0.366 e. The van der Waals surface area contributed by atoms with Crippen LogP contribution in [0.15, 0.2) is 48.5 Å². The molecule has 22 heavy (non-hydrogen) atoms. The van der Waals surface area contributed by atoms with Gasteiger partial charge in [-0.1, -0.05) is 42.5 Å². The summed E-state index contributed by atoms with van der Waals surface area (Å²) in [5, 5.41) is 0. The fraction of sp³-hybridized carbons (Fsp3) is 0.222. The Morgan fingerprint density at radius 2 is 1.59 bits per heavy atom. The van der Waals surface area contributed by atoms with Crippen LogP contribution < -0.4 is 5.73 Å². The zero-order valence-corrected chi connectivity index (χ0v) is 12.3. The van der Waals surface area contributed by atoms with Crippen LogP contribution in [0.1, 0.15) is 33.6 Å². The van der Waals surface area contributed by atoms with Gasteiger partial charge in [-0.2, -0.15) is 0 Å². The Kier molecular flexibility index (Phi) is 3.92. The lowest BCUT2D eigenvalue weighted by atomic mass is 9.94. The van der Waals surface area contributed by atoms with Crippen LogP contribution in [0.25, 0.3) is 11.1 Å². The highest BCUT2D eigenvalue weighted by Gasteiger charge is 2.26. The third kappa shape index (κ3) is 2.60. The Balaban J connectivity index is 2.16. The molecule has 3 rings (SSSR count). The Bertz CT molecular complexity index is 704. The van der Waals surface area contributed by atoms with E-state index in [4.69, 9.17) is 5.73 Å². The Labute approximate surface area is 129 Å². The molecular weight excluding hydrogens is 276 g/mol. The first-order valence-corrected chi connectivity index (χ1v) is 7.46. The van der Waals surface area contributed by atoms with Crippen molar-refractivity contribution in [3.8, 4) is 11.1 Å². The number of rotatable bonds is 3. The van der Waals surface area contributed by atoms with Gasteiger partial charge in [0.25, 0.3) is 5.91 Å². The minimum atomic E-state index is -0.569. The van der Waals surface area contributed by atoms with E-state index in [1.165, 1.54) is 0 Å². The number of hydrogen-bond donors (Lipinski definition) is 1. The second-order valence-corrected chi connectivity index (χ2v) is 5.46. The van der Waals surface area contributed by atoms with Crippen molar-refractivity contribution in [3.63, 3.8) is 0 Å². The second-order valence-electron chi connectivity index (χ2n) is 5.46. The third-order valence-corrected chi connectivity index (χ3v) is 4.02. The smallest absolute Gasteiger partial charge is 0.255 e. The lowest BCUT2D eigenvalue weighted by Gasteiger charge is -2.19. The van der Waals surface area contributed by atoms with Crippen molar-refractivity contribution in [1.82, 2.24) is 4.90 Å². The summed E-state index contributed by atoms with van der Waals surface area (Å²) in [6.45, 7) is 1.47. The van der Waals surface area contributed by atoms with Gasteiger partial charge >= 0.3 is 0 Å². The topological polar surface area (TPSA) is 63.4 Å². The SMILES string of the molecule is NC(=O)c1cccc(-c2ccccc2)c1C(=O)N1CCCC1. The van der Waals surface area contributed by atoms with E-state index in [0.717, 1.165) is 37.1 Å². The first-order chi connectivity index (χ1) is 10.7. The number of amides is 2. The summed E-state index contributed by atoms with van der Waals surface area (Å²) in [6, 6.07) is 14.9. The molecule has 0 unspecified atom stereocenters. The van der Waals surface area contributed by atoms with Gasteiger partial charge in [-0.25, -0.2) is 0 Å². The van der Waals surface area contributed by atoms with Crippen LogP contribution in [0.2, 0.25) is 0 Å². The number of carbonyl (C=O) groups is 2. The van der Waals surface area contributed by atoms with Crippen LogP contribution in [0.5, 0.6) is 0 Å². The van der Waals surface area contributed by atoms with Crippen molar-refractivity contribution in [2.45, 2.75) is 12.8 Å². The van der Waals surface area contributed by atoms with Crippen LogP contribution >= 0.6 is 0 Å². The van der Waals surface area contributed by atoms with Crippen molar-refractivity contribution in [2.24, 2.45) is 5.73 Å². The fourth-order valence-electron chi connectivity index (χ4n) is 2.92. The molecule has 2 amide bonds. The number of hydrogen-bond acceptors (Lipinski definition) is 2. The molecule has 0 saturated carbocycles. The van der Waals surface area contributed by atoms with E-state index in [1.54, 1.807) is 17.0 Å². The van der Waals surface area contributed by atoms with Gasteiger partial charge in [0.1, 0.15) is 0 Å². The maximum atomic E-state index is 12.9. The predicted molar refractivity (Wildman–Crippen MR) is 85.5 cm³/mol. The van der Waals surface area contributed by atoms with Crippen LogP contribution in [0.3, 0.4) is 0 Å². The summed E-state index contributed by atoms with van der Waals surface area (Å²) in [5.41, 5.74) is 7.87. The average molecular weight is 294 g/mol. The molecule has 1 fully saturated rings. The van der Waals surface area contributed by atoms with Crippen molar-refractivity contribution in [1.29, 1.82) is 0 Å². The first kappa shape index (κ1) is 14.3. The van der Waals surface area contributed by atoms with Gasteiger partial charge < -0.3 is 10.6 Å². The van der Waals surface area contributed by atoms with Gasteiger partial charge in [0.15, 0.2) is 0 Å². The molecule has 2 aromatic carbocycles. The number of carbonyl (C=O) groups excluding carboxylic acids is 2. The van der Waals surface area contributed by atoms with Crippen molar-refractivity contribution in [2.75, 3.05) is 13.1 Å². The first-order valence-electron chi connectivity index (χ1n) is 7.46. The van der Waals surface area contributed by atoms with Crippen molar-refractivity contribution >= 4 is 11.8 Å². The van der Waals surface area contributed by atoms with Crippen LogP contribution in [0.4, 0.5) is 0 Å². The molecule has 1 heterocycles. The molecule has 0 aromatic heterocycles. The van der Waals surface area contributed by atoms with Gasteiger partial charge in [0.2, 0.25) is 5.91 Å². The monoisotopic (exact) mass is 294 g/mol. The minimum Gasteiger partial charge on any atom is -0.366 e. The molecule has 2 aromatic rings. The summed E-state index contributed by atoms with van der Waals surface area (Å²) in [5.74, 6) is -0.675. The highest BCUT2D eigenvalue weighted by atomic mass is 16.2. The molecule has 0 spiro atoms. The lowest BCUT2D eigenvalue weighted by Crippen LogP contribution is -2.30. The quantitative estimate of drug-likeness (QED) is 0.946. The van der Waals surface area contributed by atoms with E-state index in [1.807, 2.05) is 36.4 Å². The van der Waals surface area contributed by atoms with Crippen molar-refractivity contribution < 1.29 is 9.59 Å². The van der Waals surface area contributed by atoms with E-state index < -0.39 is 5.91 Å². The Morgan fingerprint density at radius 1 is 0.909 bits per heavy atom. The van der Waals surface area contributed by atoms with E-state index in [9.17, 15) is 9.59 Å². The predicted octanol–water partition coefficient (Wildman–Crippen LogP) is 2.69. The average Bonchev–Trinajstić information content (AvgIpc) is 3.08. The number of primary amides is 1. The van der Waals surface area contributed by atoms with E-state index >= 15 is 0 Å². The lowest BCUT2D eigenvalue weighted by molar-refractivity contribution is 0.0787. The summed E-state index contributed by atoms with van der Waals surface area (Å²) in [6.07, 6.45) is 2.01. The maximum absolute atomic E-state index is 12.9. The molecular formula is C18H18N2O2. The van der Waals surface area contributed by atoms with E-state index in [0.29, 0.717) is 11.1 Å². The van der Waals surface area contributed by atoms with E-state index in [-0.39, 0.29) is 5.91 Å². The highest BCUT2D eigenvalue weighted by Crippen LogP contribution is 2.28. The molecule has 1 saturated heterocycles. The normalized spacial score (nSPS) is 14.1. The molecule has 2 N–H and O–H groups in total. The van der Waals surface area contributed by atoms with Crippen LogP contribution in [0, 0.1) is 0 Å². The van der Waals surface area contributed by atoms with Gasteiger partial charge in [0, 0.05) is 13.1 Å². The van der Waals surface area contributed by atoms with Crippen LogP contribution in [-0.4, -0.2) is 29.8 Å². The number of nitrogens with two attached hydrogens (primary N) is 1. The second kappa shape index (κ2) is 6.02. The highest BCUT2D eigenvalue weighted by molar-refractivity contribution is 6.11.